The smallest absolute Gasteiger partial charge is 0.260 e. The van der Waals surface area contributed by atoms with Crippen LogP contribution >= 0.6 is 0 Å². The number of carbonyl (C=O) groups is 1. The first-order valence-electron chi connectivity index (χ1n) is 10.7. The first-order chi connectivity index (χ1) is 16.6. The molecule has 0 saturated heterocycles. The fourth-order valence-corrected chi connectivity index (χ4v) is 4.03. The van der Waals surface area contributed by atoms with E-state index in [1.54, 1.807) is 30.9 Å². The molecule has 0 aliphatic heterocycles. The number of methoxy groups -OCH3 is 2. The molecule has 2 aromatic heterocycles. The molecule has 0 radical (unpaired) electrons. The number of amides is 1. The second-order valence-electron chi connectivity index (χ2n) is 7.67. The summed E-state index contributed by atoms with van der Waals surface area (Å²) in [7, 11) is 3.14. The average molecular weight is 454 g/mol. The maximum absolute atomic E-state index is 13.2. The van der Waals surface area contributed by atoms with Crippen molar-refractivity contribution in [2.75, 3.05) is 19.5 Å². The van der Waals surface area contributed by atoms with Gasteiger partial charge in [-0.15, -0.1) is 0 Å². The van der Waals surface area contributed by atoms with E-state index < -0.39 is 0 Å². The van der Waals surface area contributed by atoms with E-state index in [1.807, 2.05) is 60.7 Å². The zero-order chi connectivity index (χ0) is 23.7. The molecule has 0 bridgehead atoms. The molecular weight excluding hydrogens is 432 g/mol. The Hall–Kier alpha value is -4.59. The normalized spacial score (nSPS) is 11.0. The molecule has 0 spiro atoms. The lowest BCUT2D eigenvalue weighted by atomic mass is 10.1. The van der Waals surface area contributed by atoms with Gasteiger partial charge in [0.2, 0.25) is 11.7 Å². The van der Waals surface area contributed by atoms with Gasteiger partial charge in [0.1, 0.15) is 18.0 Å². The Labute approximate surface area is 195 Å². The number of rotatable bonds is 6. The molecule has 0 atom stereocenters. The molecule has 3 aromatic carbocycles. The first kappa shape index (κ1) is 21.3. The monoisotopic (exact) mass is 454 g/mol. The molecule has 0 aliphatic rings. The minimum absolute atomic E-state index is 0.0386. The molecule has 5 aromatic rings. The Morgan fingerprint density at radius 2 is 1.68 bits per heavy atom. The third-order valence-corrected chi connectivity index (χ3v) is 5.60. The minimum Gasteiger partial charge on any atom is -0.497 e. The van der Waals surface area contributed by atoms with Crippen LogP contribution in [0.3, 0.4) is 0 Å². The number of aromatic nitrogens is 3. The van der Waals surface area contributed by atoms with E-state index in [-0.39, 0.29) is 18.0 Å². The van der Waals surface area contributed by atoms with Crippen LogP contribution in [0.25, 0.3) is 28.1 Å². The van der Waals surface area contributed by atoms with Crippen molar-refractivity contribution < 1.29 is 14.3 Å². The van der Waals surface area contributed by atoms with Crippen LogP contribution < -0.4 is 20.3 Å². The summed E-state index contributed by atoms with van der Waals surface area (Å²) < 4.78 is 13.9. The molecule has 8 heteroatoms. The number of ether oxygens (including phenoxy) is 2. The molecule has 170 valence electrons. The van der Waals surface area contributed by atoms with E-state index in [2.05, 4.69) is 5.32 Å². The van der Waals surface area contributed by atoms with Crippen molar-refractivity contribution >= 4 is 28.4 Å². The van der Waals surface area contributed by atoms with Crippen LogP contribution in [0.4, 0.5) is 5.69 Å². The van der Waals surface area contributed by atoms with Gasteiger partial charge < -0.3 is 19.4 Å². The largest absolute Gasteiger partial charge is 0.497 e. The van der Waals surface area contributed by atoms with Crippen LogP contribution in [0.15, 0.2) is 83.7 Å². The Morgan fingerprint density at radius 3 is 2.47 bits per heavy atom. The highest BCUT2D eigenvalue weighted by atomic mass is 16.5. The summed E-state index contributed by atoms with van der Waals surface area (Å²) in [5.74, 6) is 1.33. The van der Waals surface area contributed by atoms with Crippen molar-refractivity contribution in [1.29, 1.82) is 0 Å². The summed E-state index contributed by atoms with van der Waals surface area (Å²) >= 11 is 0. The number of hydrogen-bond acceptors (Lipinski definition) is 5. The number of fused-ring (bicyclic) bond motifs is 3. The van der Waals surface area contributed by atoms with Gasteiger partial charge in [-0.2, -0.15) is 0 Å². The number of nitrogens with one attached hydrogen (secondary N) is 1. The van der Waals surface area contributed by atoms with Gasteiger partial charge in [0.25, 0.3) is 5.56 Å². The Bertz CT molecular complexity index is 1590. The Morgan fingerprint density at radius 1 is 0.912 bits per heavy atom. The van der Waals surface area contributed by atoms with Crippen LogP contribution in [-0.4, -0.2) is 34.1 Å². The summed E-state index contributed by atoms with van der Waals surface area (Å²) in [6.07, 6.45) is 0. The van der Waals surface area contributed by atoms with Crippen LogP contribution in [0.5, 0.6) is 11.5 Å². The van der Waals surface area contributed by atoms with Crippen LogP contribution in [0.1, 0.15) is 0 Å². The quantitative estimate of drug-likeness (QED) is 0.420. The summed E-state index contributed by atoms with van der Waals surface area (Å²) in [6.45, 7) is -0.0386. The summed E-state index contributed by atoms with van der Waals surface area (Å²) in [5, 5.41) is 2.89. The van der Waals surface area contributed by atoms with E-state index in [0.717, 1.165) is 11.1 Å². The second kappa shape index (κ2) is 8.74. The third kappa shape index (κ3) is 3.75. The lowest BCUT2D eigenvalue weighted by molar-refractivity contribution is -0.116. The molecule has 0 fully saturated rings. The fraction of sp³-hybridized carbons (Fsp3) is 0.115. The molecule has 5 rings (SSSR count). The second-order valence-corrected chi connectivity index (χ2v) is 7.67. The number of imidazole rings is 1. The molecule has 8 nitrogen and oxygen atoms in total. The highest BCUT2D eigenvalue weighted by molar-refractivity contribution is 5.94. The SMILES string of the molecule is COc1cccc(-c2cc(=O)n3c4ccccc4n(CC(=O)Nc4ccccc4OC)c3n2)c1. The van der Waals surface area contributed by atoms with Crippen molar-refractivity contribution in [1.82, 2.24) is 14.0 Å². The van der Waals surface area contributed by atoms with Crippen molar-refractivity contribution in [3.63, 3.8) is 0 Å². The van der Waals surface area contributed by atoms with E-state index in [9.17, 15) is 9.59 Å². The molecule has 0 unspecified atom stereocenters. The Balaban J connectivity index is 1.63. The number of carbonyl (C=O) groups excluding carboxylic acids is 1. The fourth-order valence-electron chi connectivity index (χ4n) is 4.03. The lowest BCUT2D eigenvalue weighted by Gasteiger charge is -2.11. The van der Waals surface area contributed by atoms with Gasteiger partial charge in [-0.25, -0.2) is 9.38 Å². The van der Waals surface area contributed by atoms with E-state index in [4.69, 9.17) is 14.5 Å². The summed E-state index contributed by atoms with van der Waals surface area (Å²) in [6, 6.07) is 23.5. The van der Waals surface area contributed by atoms with E-state index in [1.165, 1.54) is 10.5 Å². The first-order valence-corrected chi connectivity index (χ1v) is 10.7. The zero-order valence-corrected chi connectivity index (χ0v) is 18.7. The maximum atomic E-state index is 13.2. The maximum Gasteiger partial charge on any atom is 0.260 e. The van der Waals surface area contributed by atoms with Gasteiger partial charge in [-0.05, 0) is 36.4 Å². The average Bonchev–Trinajstić information content (AvgIpc) is 3.18. The number of anilines is 1. The van der Waals surface area contributed by atoms with Crippen molar-refractivity contribution in [3.05, 3.63) is 89.2 Å². The number of hydrogen-bond donors (Lipinski definition) is 1. The zero-order valence-electron chi connectivity index (χ0n) is 18.7. The van der Waals surface area contributed by atoms with Crippen molar-refractivity contribution in [3.8, 4) is 22.8 Å². The van der Waals surface area contributed by atoms with Gasteiger partial charge in [-0.1, -0.05) is 36.4 Å². The molecule has 1 amide bonds. The summed E-state index contributed by atoms with van der Waals surface area (Å²) in [4.78, 5) is 31.0. The highest BCUT2D eigenvalue weighted by Crippen LogP contribution is 2.26. The highest BCUT2D eigenvalue weighted by Gasteiger charge is 2.18. The number of para-hydroxylation sites is 4. The predicted molar refractivity (Wildman–Crippen MR) is 131 cm³/mol. The van der Waals surface area contributed by atoms with E-state index in [0.29, 0.717) is 34.2 Å². The molecule has 2 heterocycles. The lowest BCUT2D eigenvalue weighted by Crippen LogP contribution is -2.21. The standard InChI is InChI=1S/C26H22N4O4/c1-33-18-9-7-8-17(14-18)20-15-25(32)30-22-12-5-4-11-21(22)29(26(30)28-20)16-24(31)27-19-10-3-6-13-23(19)34-2/h3-15H,16H2,1-2H3,(H,27,31). The number of benzene rings is 3. The number of nitrogens with zero attached hydrogens (tertiary/aromatic N) is 3. The molecule has 0 aliphatic carbocycles. The van der Waals surface area contributed by atoms with Crippen LogP contribution in [-0.2, 0) is 11.3 Å². The van der Waals surface area contributed by atoms with Gasteiger partial charge >= 0.3 is 0 Å². The third-order valence-electron chi connectivity index (χ3n) is 5.60. The molecule has 1 N–H and O–H groups in total. The van der Waals surface area contributed by atoms with Gasteiger partial charge in [0.15, 0.2) is 0 Å². The van der Waals surface area contributed by atoms with E-state index >= 15 is 0 Å². The minimum atomic E-state index is -0.270. The van der Waals surface area contributed by atoms with Crippen LogP contribution in [0, 0.1) is 0 Å². The van der Waals surface area contributed by atoms with Crippen molar-refractivity contribution in [2.45, 2.75) is 6.54 Å². The molecule has 34 heavy (non-hydrogen) atoms. The molecular formula is C26H22N4O4. The van der Waals surface area contributed by atoms with Gasteiger partial charge in [0.05, 0.1) is 36.6 Å². The van der Waals surface area contributed by atoms with Gasteiger partial charge in [-0.3, -0.25) is 9.59 Å². The topological polar surface area (TPSA) is 86.9 Å². The Kier molecular flexibility index (Phi) is 5.47. The van der Waals surface area contributed by atoms with Crippen molar-refractivity contribution in [2.24, 2.45) is 0 Å². The van der Waals surface area contributed by atoms with Gasteiger partial charge in [0, 0.05) is 11.6 Å². The molecule has 0 saturated carbocycles. The summed E-state index contributed by atoms with van der Waals surface area (Å²) in [5.41, 5.74) is 2.98. The predicted octanol–water partition coefficient (Wildman–Crippen LogP) is 3.97. The van der Waals surface area contributed by atoms with Crippen LogP contribution in [0.2, 0.25) is 0 Å².